The number of amides is 2. The zero-order valence-corrected chi connectivity index (χ0v) is 21.9. The Morgan fingerprint density at radius 3 is 2.68 bits per heavy atom. The van der Waals surface area contributed by atoms with E-state index in [2.05, 4.69) is 57.2 Å². The lowest BCUT2D eigenvalue weighted by molar-refractivity contribution is -0.113. The fourth-order valence-corrected chi connectivity index (χ4v) is 4.54. The largest absolute Gasteiger partial charge is 0.345 e. The number of aromatic nitrogens is 3. The van der Waals surface area contributed by atoms with Crippen LogP contribution in [0.3, 0.4) is 0 Å². The monoisotopic (exact) mass is 541 g/mol. The molecule has 0 spiro atoms. The Kier molecular flexibility index (Phi) is 9.06. The molecule has 0 bridgehead atoms. The van der Waals surface area contributed by atoms with Crippen molar-refractivity contribution in [2.45, 2.75) is 44.9 Å². The van der Waals surface area contributed by atoms with Gasteiger partial charge in [0.25, 0.3) is 5.91 Å². The van der Waals surface area contributed by atoms with Gasteiger partial charge in [-0.25, -0.2) is 0 Å². The third kappa shape index (κ3) is 6.57. The fraction of sp³-hybridized carbons (Fsp3) is 0.280. The molecular formula is C25H28BrN5O2S. The highest BCUT2D eigenvalue weighted by Crippen LogP contribution is 2.28. The average molecular weight is 543 g/mol. The number of benzene rings is 2. The first kappa shape index (κ1) is 25.7. The van der Waals surface area contributed by atoms with Gasteiger partial charge in [-0.15, -0.1) is 16.8 Å². The second kappa shape index (κ2) is 12.0. The maximum absolute atomic E-state index is 12.6. The summed E-state index contributed by atoms with van der Waals surface area (Å²) in [6.07, 6.45) is 1.73. The molecule has 2 N–H and O–H groups in total. The summed E-state index contributed by atoms with van der Waals surface area (Å²) < 4.78 is 2.82. The van der Waals surface area contributed by atoms with E-state index in [0.29, 0.717) is 23.1 Å². The lowest BCUT2D eigenvalue weighted by Crippen LogP contribution is -2.25. The molecule has 0 saturated carbocycles. The minimum absolute atomic E-state index is 0.128. The SMILES string of the molecule is C=CCn1c(CNC(=O)c2ccccc2C)nnc1SCC(=O)Nc1ccc(Br)cc1C(C)C. The van der Waals surface area contributed by atoms with Crippen molar-refractivity contribution in [3.8, 4) is 0 Å². The maximum Gasteiger partial charge on any atom is 0.251 e. The number of nitrogens with one attached hydrogen (secondary N) is 2. The van der Waals surface area contributed by atoms with Crippen LogP contribution in [0.2, 0.25) is 0 Å². The van der Waals surface area contributed by atoms with Gasteiger partial charge in [-0.3, -0.25) is 9.59 Å². The molecule has 7 nitrogen and oxygen atoms in total. The highest BCUT2D eigenvalue weighted by molar-refractivity contribution is 9.10. The number of nitrogens with zero attached hydrogens (tertiary/aromatic N) is 3. The van der Waals surface area contributed by atoms with Crippen LogP contribution in [-0.4, -0.2) is 32.3 Å². The second-order valence-corrected chi connectivity index (χ2v) is 9.88. The number of aryl methyl sites for hydroxylation is 1. The number of carbonyl (C=O) groups is 2. The minimum Gasteiger partial charge on any atom is -0.345 e. The molecule has 0 fully saturated rings. The van der Waals surface area contributed by atoms with Gasteiger partial charge < -0.3 is 15.2 Å². The van der Waals surface area contributed by atoms with Gasteiger partial charge in [0.2, 0.25) is 5.91 Å². The molecule has 2 aromatic carbocycles. The number of halogens is 1. The average Bonchev–Trinajstić information content (AvgIpc) is 3.19. The molecule has 0 aliphatic carbocycles. The van der Waals surface area contributed by atoms with Crippen molar-refractivity contribution in [3.63, 3.8) is 0 Å². The van der Waals surface area contributed by atoms with Crippen molar-refractivity contribution in [2.24, 2.45) is 0 Å². The molecular weight excluding hydrogens is 514 g/mol. The Bertz CT molecular complexity index is 1190. The van der Waals surface area contributed by atoms with Crippen LogP contribution in [0.5, 0.6) is 0 Å². The molecule has 2 amide bonds. The summed E-state index contributed by atoms with van der Waals surface area (Å²) in [4.78, 5) is 25.2. The first-order chi connectivity index (χ1) is 16.3. The van der Waals surface area contributed by atoms with Crippen LogP contribution in [0.15, 0.2) is 64.7 Å². The number of hydrogen-bond donors (Lipinski definition) is 2. The Hall–Kier alpha value is -2.91. The molecule has 0 atom stereocenters. The van der Waals surface area contributed by atoms with E-state index >= 15 is 0 Å². The lowest BCUT2D eigenvalue weighted by atomic mass is 10.0. The number of allylic oxidation sites excluding steroid dienone is 1. The first-order valence-corrected chi connectivity index (χ1v) is 12.7. The maximum atomic E-state index is 12.6. The van der Waals surface area contributed by atoms with E-state index < -0.39 is 0 Å². The van der Waals surface area contributed by atoms with Crippen LogP contribution in [0.4, 0.5) is 5.69 Å². The van der Waals surface area contributed by atoms with Gasteiger partial charge in [-0.1, -0.05) is 65.8 Å². The molecule has 1 aromatic heterocycles. The summed E-state index contributed by atoms with van der Waals surface area (Å²) in [6.45, 7) is 10.6. The molecule has 0 aliphatic rings. The summed E-state index contributed by atoms with van der Waals surface area (Å²) in [5, 5.41) is 14.9. The summed E-state index contributed by atoms with van der Waals surface area (Å²) in [6, 6.07) is 13.2. The first-order valence-electron chi connectivity index (χ1n) is 10.9. The molecule has 178 valence electrons. The Labute approximate surface area is 212 Å². The molecule has 0 unspecified atom stereocenters. The third-order valence-corrected chi connectivity index (χ3v) is 6.60. The number of thioether (sulfide) groups is 1. The summed E-state index contributed by atoms with van der Waals surface area (Å²) in [7, 11) is 0. The van der Waals surface area contributed by atoms with E-state index in [-0.39, 0.29) is 30.0 Å². The third-order valence-electron chi connectivity index (χ3n) is 5.14. The number of carbonyl (C=O) groups excluding carboxylic acids is 2. The van der Waals surface area contributed by atoms with Gasteiger partial charge in [0.15, 0.2) is 11.0 Å². The van der Waals surface area contributed by atoms with Crippen molar-refractivity contribution in [2.75, 3.05) is 11.1 Å². The van der Waals surface area contributed by atoms with Crippen LogP contribution in [0.25, 0.3) is 0 Å². The topological polar surface area (TPSA) is 88.9 Å². The predicted octanol–water partition coefficient (Wildman–Crippen LogP) is 5.32. The summed E-state index contributed by atoms with van der Waals surface area (Å²) >= 11 is 4.78. The van der Waals surface area contributed by atoms with Gasteiger partial charge >= 0.3 is 0 Å². The molecule has 0 saturated heterocycles. The molecule has 0 aliphatic heterocycles. The van der Waals surface area contributed by atoms with Gasteiger partial charge in [0.05, 0.1) is 12.3 Å². The standard InChI is InChI=1S/C25H28BrN5O2S/c1-5-12-31-22(14-27-24(33)19-9-7-6-8-17(19)4)29-30-25(31)34-15-23(32)28-21-11-10-18(26)13-20(21)16(2)3/h5-11,13,16H,1,12,14-15H2,2-4H3,(H,27,33)(H,28,32). The molecule has 3 aromatic rings. The normalized spacial score (nSPS) is 10.9. The lowest BCUT2D eigenvalue weighted by Gasteiger charge is -2.14. The van der Waals surface area contributed by atoms with E-state index in [1.807, 2.05) is 47.9 Å². The van der Waals surface area contributed by atoms with E-state index in [1.165, 1.54) is 11.8 Å². The number of hydrogen-bond acceptors (Lipinski definition) is 5. The van der Waals surface area contributed by atoms with E-state index in [0.717, 1.165) is 21.3 Å². The summed E-state index contributed by atoms with van der Waals surface area (Å²) in [5.74, 6) is 0.749. The molecule has 3 rings (SSSR count). The van der Waals surface area contributed by atoms with Crippen molar-refractivity contribution in [1.82, 2.24) is 20.1 Å². The van der Waals surface area contributed by atoms with Gasteiger partial charge in [-0.2, -0.15) is 0 Å². The van der Waals surface area contributed by atoms with Crippen molar-refractivity contribution < 1.29 is 9.59 Å². The zero-order valence-electron chi connectivity index (χ0n) is 19.5. The molecule has 1 heterocycles. The minimum atomic E-state index is -0.171. The Morgan fingerprint density at radius 2 is 1.97 bits per heavy atom. The van der Waals surface area contributed by atoms with Crippen LogP contribution >= 0.6 is 27.7 Å². The molecule has 9 heteroatoms. The van der Waals surface area contributed by atoms with E-state index in [1.54, 1.807) is 12.1 Å². The van der Waals surface area contributed by atoms with Gasteiger partial charge in [0.1, 0.15) is 0 Å². The Morgan fingerprint density at radius 1 is 1.21 bits per heavy atom. The number of rotatable bonds is 10. The summed E-state index contributed by atoms with van der Waals surface area (Å²) in [5.41, 5.74) is 3.39. The fourth-order valence-electron chi connectivity index (χ4n) is 3.39. The van der Waals surface area contributed by atoms with Crippen molar-refractivity contribution in [1.29, 1.82) is 0 Å². The quantitative estimate of drug-likeness (QED) is 0.268. The van der Waals surface area contributed by atoms with Crippen LogP contribution < -0.4 is 10.6 Å². The van der Waals surface area contributed by atoms with E-state index in [9.17, 15) is 9.59 Å². The smallest absolute Gasteiger partial charge is 0.251 e. The van der Waals surface area contributed by atoms with Crippen molar-refractivity contribution >= 4 is 45.2 Å². The van der Waals surface area contributed by atoms with Crippen molar-refractivity contribution in [3.05, 3.63) is 82.1 Å². The van der Waals surface area contributed by atoms with Gasteiger partial charge in [-0.05, 0) is 48.2 Å². The zero-order chi connectivity index (χ0) is 24.7. The number of anilines is 1. The van der Waals surface area contributed by atoms with Crippen LogP contribution in [0.1, 0.15) is 47.1 Å². The molecule has 34 heavy (non-hydrogen) atoms. The van der Waals surface area contributed by atoms with Crippen LogP contribution in [0, 0.1) is 6.92 Å². The Balaban J connectivity index is 1.64. The predicted molar refractivity (Wildman–Crippen MR) is 140 cm³/mol. The van der Waals surface area contributed by atoms with Gasteiger partial charge in [0, 0.05) is 22.3 Å². The van der Waals surface area contributed by atoms with E-state index in [4.69, 9.17) is 0 Å². The highest BCUT2D eigenvalue weighted by atomic mass is 79.9. The second-order valence-electron chi connectivity index (χ2n) is 8.02. The molecule has 0 radical (unpaired) electrons. The van der Waals surface area contributed by atoms with Crippen LogP contribution in [-0.2, 0) is 17.9 Å². The highest BCUT2D eigenvalue weighted by Gasteiger charge is 2.16.